The Labute approximate surface area is 78.8 Å². The summed E-state index contributed by atoms with van der Waals surface area (Å²) < 4.78 is 21.4. The zero-order valence-corrected chi connectivity index (χ0v) is 8.78. The lowest BCUT2D eigenvalue weighted by molar-refractivity contribution is -0.120. The number of nitrogens with one attached hydrogen (secondary N) is 2. The minimum atomic E-state index is -2.90. The Kier molecular flexibility index (Phi) is 5.65. The third-order valence-corrected chi connectivity index (χ3v) is 2.38. The normalized spacial score (nSPS) is 11.2. The van der Waals surface area contributed by atoms with E-state index in [2.05, 4.69) is 10.6 Å². The molecule has 0 radical (unpaired) electrons. The zero-order valence-electron chi connectivity index (χ0n) is 7.96. The number of rotatable bonds is 6. The van der Waals surface area contributed by atoms with Gasteiger partial charge in [0.2, 0.25) is 5.91 Å². The van der Waals surface area contributed by atoms with Crippen LogP contribution in [0.3, 0.4) is 0 Å². The molecule has 0 heterocycles. The fourth-order valence-electron chi connectivity index (χ4n) is 0.785. The van der Waals surface area contributed by atoms with Crippen molar-refractivity contribution in [2.75, 3.05) is 32.1 Å². The van der Waals surface area contributed by atoms with Gasteiger partial charge in [-0.1, -0.05) is 0 Å². The van der Waals surface area contributed by atoms with Gasteiger partial charge in [0.25, 0.3) is 0 Å². The van der Waals surface area contributed by atoms with Crippen molar-refractivity contribution in [2.45, 2.75) is 6.42 Å². The second-order valence-corrected chi connectivity index (χ2v) is 5.12. The van der Waals surface area contributed by atoms with Crippen molar-refractivity contribution >= 4 is 15.7 Å². The van der Waals surface area contributed by atoms with E-state index in [1.54, 1.807) is 7.05 Å². The molecule has 0 aromatic heterocycles. The molecule has 0 bridgehead atoms. The molecule has 0 aromatic carbocycles. The van der Waals surface area contributed by atoms with E-state index in [9.17, 15) is 13.2 Å². The molecule has 0 saturated carbocycles. The lowest BCUT2D eigenvalue weighted by Crippen LogP contribution is -2.33. The average molecular weight is 208 g/mol. The van der Waals surface area contributed by atoms with Gasteiger partial charge in [-0.15, -0.1) is 0 Å². The Morgan fingerprint density at radius 1 is 1.38 bits per heavy atom. The second kappa shape index (κ2) is 5.93. The summed E-state index contributed by atoms with van der Waals surface area (Å²) in [6, 6.07) is 0. The third kappa shape index (κ3) is 9.29. The maximum atomic E-state index is 10.8. The number of sulfone groups is 1. The number of likely N-dealkylation sites (N-methyl/N-ethyl adjacent to an activating group) is 1. The molecular formula is C7H16N2O3S. The van der Waals surface area contributed by atoms with Crippen LogP contribution in [0.4, 0.5) is 0 Å². The zero-order chi connectivity index (χ0) is 10.3. The molecule has 6 heteroatoms. The lowest BCUT2D eigenvalue weighted by Gasteiger charge is -2.03. The minimum absolute atomic E-state index is 0.115. The Morgan fingerprint density at radius 3 is 2.46 bits per heavy atom. The highest BCUT2D eigenvalue weighted by Gasteiger charge is 2.02. The van der Waals surface area contributed by atoms with E-state index in [-0.39, 0.29) is 18.2 Å². The van der Waals surface area contributed by atoms with Gasteiger partial charge < -0.3 is 10.6 Å². The van der Waals surface area contributed by atoms with Gasteiger partial charge in [-0.3, -0.25) is 4.79 Å². The van der Waals surface area contributed by atoms with Crippen LogP contribution in [0.15, 0.2) is 0 Å². The van der Waals surface area contributed by atoms with Crippen LogP contribution in [0.2, 0.25) is 0 Å². The highest BCUT2D eigenvalue weighted by Crippen LogP contribution is 1.86. The third-order valence-electron chi connectivity index (χ3n) is 1.35. The van der Waals surface area contributed by atoms with Crippen LogP contribution in [-0.4, -0.2) is 46.5 Å². The molecule has 0 spiro atoms. The molecule has 0 rings (SSSR count). The van der Waals surface area contributed by atoms with Gasteiger partial charge in [-0.05, 0) is 13.5 Å². The van der Waals surface area contributed by atoms with E-state index < -0.39 is 9.84 Å². The predicted molar refractivity (Wildman–Crippen MR) is 51.3 cm³/mol. The molecule has 0 aliphatic rings. The molecule has 2 N–H and O–H groups in total. The van der Waals surface area contributed by atoms with Gasteiger partial charge in [0.15, 0.2) is 0 Å². The first-order valence-electron chi connectivity index (χ1n) is 4.05. The van der Waals surface area contributed by atoms with Crippen LogP contribution in [0.1, 0.15) is 6.42 Å². The maximum absolute atomic E-state index is 10.8. The van der Waals surface area contributed by atoms with E-state index >= 15 is 0 Å². The average Bonchev–Trinajstić information content (AvgIpc) is 1.97. The van der Waals surface area contributed by atoms with Crippen molar-refractivity contribution in [1.29, 1.82) is 0 Å². The maximum Gasteiger partial charge on any atom is 0.233 e. The molecular weight excluding hydrogens is 192 g/mol. The summed E-state index contributed by atoms with van der Waals surface area (Å²) in [5, 5.41) is 5.28. The topological polar surface area (TPSA) is 75.3 Å². The summed E-state index contributed by atoms with van der Waals surface area (Å²) in [6.45, 7) is 0.673. The van der Waals surface area contributed by atoms with Crippen LogP contribution in [0.5, 0.6) is 0 Å². The standard InChI is InChI=1S/C7H16N2O3S/c1-8-6-7(10)9-4-3-5-13(2,11)12/h8H,3-6H2,1-2H3,(H,9,10). The fraction of sp³-hybridized carbons (Fsp3) is 0.857. The number of hydrogen-bond donors (Lipinski definition) is 2. The van der Waals surface area contributed by atoms with Crippen LogP contribution < -0.4 is 10.6 Å². The first kappa shape index (κ1) is 12.4. The van der Waals surface area contributed by atoms with Crippen molar-refractivity contribution < 1.29 is 13.2 Å². The summed E-state index contributed by atoms with van der Waals surface area (Å²) >= 11 is 0. The number of hydrogen-bond acceptors (Lipinski definition) is 4. The van der Waals surface area contributed by atoms with E-state index in [0.29, 0.717) is 13.0 Å². The smallest absolute Gasteiger partial charge is 0.233 e. The largest absolute Gasteiger partial charge is 0.355 e. The predicted octanol–water partition coefficient (Wildman–Crippen LogP) is -1.24. The lowest BCUT2D eigenvalue weighted by atomic mass is 10.4. The summed E-state index contributed by atoms with van der Waals surface area (Å²) in [5.74, 6) is 0.00308. The van der Waals surface area contributed by atoms with Crippen molar-refractivity contribution in [3.8, 4) is 0 Å². The summed E-state index contributed by atoms with van der Waals surface area (Å²) in [7, 11) is -1.22. The van der Waals surface area contributed by atoms with Gasteiger partial charge in [0, 0.05) is 12.8 Å². The molecule has 0 aromatic rings. The first-order valence-corrected chi connectivity index (χ1v) is 6.11. The Bertz CT molecular complexity index is 248. The Hall–Kier alpha value is -0.620. The van der Waals surface area contributed by atoms with Crippen LogP contribution in [0.25, 0.3) is 0 Å². The summed E-state index contributed by atoms with van der Waals surface area (Å²) in [4.78, 5) is 10.8. The second-order valence-electron chi connectivity index (χ2n) is 2.86. The highest BCUT2D eigenvalue weighted by molar-refractivity contribution is 7.90. The van der Waals surface area contributed by atoms with Gasteiger partial charge in [0.05, 0.1) is 12.3 Å². The quantitative estimate of drug-likeness (QED) is 0.535. The van der Waals surface area contributed by atoms with Crippen molar-refractivity contribution in [3.05, 3.63) is 0 Å². The van der Waals surface area contributed by atoms with Crippen LogP contribution in [-0.2, 0) is 14.6 Å². The first-order chi connectivity index (χ1) is 5.95. The molecule has 13 heavy (non-hydrogen) atoms. The Balaban J connectivity index is 3.41. The molecule has 0 unspecified atom stereocenters. The van der Waals surface area contributed by atoms with Gasteiger partial charge in [-0.25, -0.2) is 8.42 Å². The fourth-order valence-corrected chi connectivity index (χ4v) is 1.45. The Morgan fingerprint density at radius 2 is 2.00 bits per heavy atom. The molecule has 0 aliphatic carbocycles. The summed E-state index contributed by atoms with van der Waals surface area (Å²) in [5.41, 5.74) is 0. The molecule has 0 atom stereocenters. The SMILES string of the molecule is CNCC(=O)NCCCS(C)(=O)=O. The molecule has 78 valence electrons. The number of carbonyl (C=O) groups excluding carboxylic acids is 1. The molecule has 5 nitrogen and oxygen atoms in total. The van der Waals surface area contributed by atoms with Crippen molar-refractivity contribution in [2.24, 2.45) is 0 Å². The van der Waals surface area contributed by atoms with E-state index in [0.717, 1.165) is 0 Å². The van der Waals surface area contributed by atoms with E-state index in [1.165, 1.54) is 6.26 Å². The van der Waals surface area contributed by atoms with Crippen LogP contribution in [0, 0.1) is 0 Å². The van der Waals surface area contributed by atoms with Crippen molar-refractivity contribution in [1.82, 2.24) is 10.6 Å². The number of carbonyl (C=O) groups is 1. The van der Waals surface area contributed by atoms with E-state index in [4.69, 9.17) is 0 Å². The van der Waals surface area contributed by atoms with Gasteiger partial charge in [-0.2, -0.15) is 0 Å². The molecule has 0 aliphatic heterocycles. The summed E-state index contributed by atoms with van der Waals surface area (Å²) in [6.07, 6.45) is 1.65. The molecule has 0 fully saturated rings. The monoisotopic (exact) mass is 208 g/mol. The number of amides is 1. The molecule has 0 saturated heterocycles. The minimum Gasteiger partial charge on any atom is -0.355 e. The highest BCUT2D eigenvalue weighted by atomic mass is 32.2. The molecule has 1 amide bonds. The van der Waals surface area contributed by atoms with E-state index in [1.807, 2.05) is 0 Å². The van der Waals surface area contributed by atoms with Crippen molar-refractivity contribution in [3.63, 3.8) is 0 Å². The van der Waals surface area contributed by atoms with Gasteiger partial charge >= 0.3 is 0 Å². The van der Waals surface area contributed by atoms with Crippen LogP contribution >= 0.6 is 0 Å². The van der Waals surface area contributed by atoms with Gasteiger partial charge in [0.1, 0.15) is 9.84 Å².